The number of rotatable bonds is 5. The largest absolute Gasteiger partial charge is 0.397 e. The number of nitrogens with zero attached hydrogens (tertiary/aromatic N) is 1. The normalized spacial score (nSPS) is 14.6. The maximum absolute atomic E-state index is 10.1. The van der Waals surface area contributed by atoms with Gasteiger partial charge in [0.15, 0.2) is 0 Å². The zero-order chi connectivity index (χ0) is 13.2. The van der Waals surface area contributed by atoms with Crippen molar-refractivity contribution in [2.45, 2.75) is 12.5 Å². The van der Waals surface area contributed by atoms with Gasteiger partial charge in [-0.1, -0.05) is 0 Å². The van der Waals surface area contributed by atoms with Crippen molar-refractivity contribution in [3.63, 3.8) is 0 Å². The van der Waals surface area contributed by atoms with E-state index in [2.05, 4.69) is 15.5 Å². The van der Waals surface area contributed by atoms with E-state index in [1.54, 1.807) is 24.9 Å². The van der Waals surface area contributed by atoms with E-state index in [4.69, 9.17) is 5.73 Å². The van der Waals surface area contributed by atoms with Crippen LogP contribution in [-0.2, 0) is 0 Å². The Kier molecular flexibility index (Phi) is 3.68. The molecule has 5 N–H and O–H groups in total. The minimum Gasteiger partial charge on any atom is -0.397 e. The van der Waals surface area contributed by atoms with Gasteiger partial charge in [0, 0.05) is 17.7 Å². The first kappa shape index (κ1) is 13.0. The van der Waals surface area contributed by atoms with Gasteiger partial charge in [-0.2, -0.15) is 16.9 Å². The number of H-pyrrole nitrogens is 1. The van der Waals surface area contributed by atoms with E-state index in [1.807, 2.05) is 18.4 Å². The monoisotopic (exact) mass is 266 g/mol. The van der Waals surface area contributed by atoms with Gasteiger partial charge in [-0.3, -0.25) is 5.10 Å². The van der Waals surface area contributed by atoms with Gasteiger partial charge >= 0.3 is 0 Å². The number of thioether (sulfide) groups is 1. The summed E-state index contributed by atoms with van der Waals surface area (Å²) in [5.74, 6) is 0.673. The second-order valence-corrected chi connectivity index (χ2v) is 5.55. The second-order valence-electron chi connectivity index (χ2n) is 4.68. The number of aromatic amines is 1. The molecule has 18 heavy (non-hydrogen) atoms. The van der Waals surface area contributed by atoms with Crippen molar-refractivity contribution in [3.05, 3.63) is 18.3 Å². The molecule has 1 aromatic carbocycles. The molecule has 0 radical (unpaired) electrons. The van der Waals surface area contributed by atoms with Crippen LogP contribution in [0.15, 0.2) is 18.3 Å². The molecule has 0 aliphatic heterocycles. The van der Waals surface area contributed by atoms with Gasteiger partial charge in [0.25, 0.3) is 0 Å². The number of nitrogens with one attached hydrogen (secondary N) is 2. The van der Waals surface area contributed by atoms with Gasteiger partial charge in [-0.05, 0) is 25.3 Å². The molecule has 1 unspecified atom stereocenters. The summed E-state index contributed by atoms with van der Waals surface area (Å²) in [7, 11) is 0. The van der Waals surface area contributed by atoms with Crippen LogP contribution in [0.25, 0.3) is 10.9 Å². The molecule has 0 aliphatic carbocycles. The fourth-order valence-electron chi connectivity index (χ4n) is 1.81. The number of benzene rings is 1. The second kappa shape index (κ2) is 5.07. The molecule has 0 saturated carbocycles. The number of fused-ring (bicyclic) bond motifs is 1. The Morgan fingerprint density at radius 2 is 2.33 bits per heavy atom. The number of nitrogens with two attached hydrogens (primary N) is 1. The van der Waals surface area contributed by atoms with Crippen molar-refractivity contribution in [1.29, 1.82) is 0 Å². The zero-order valence-corrected chi connectivity index (χ0v) is 11.3. The van der Waals surface area contributed by atoms with Gasteiger partial charge in [-0.15, -0.1) is 0 Å². The van der Waals surface area contributed by atoms with E-state index in [-0.39, 0.29) is 0 Å². The summed E-state index contributed by atoms with van der Waals surface area (Å²) in [4.78, 5) is 0. The van der Waals surface area contributed by atoms with Crippen molar-refractivity contribution in [2.75, 3.05) is 29.6 Å². The van der Waals surface area contributed by atoms with Crippen LogP contribution >= 0.6 is 11.8 Å². The standard InChI is InChI=1S/C12H18N4OS/c1-12(17,7-18-2)6-14-11-4-10-8(3-9(11)13)5-15-16-10/h3-5,14,17H,6-7,13H2,1-2H3,(H,15,16). The van der Waals surface area contributed by atoms with Crippen molar-refractivity contribution >= 4 is 34.0 Å². The molecule has 0 saturated heterocycles. The third kappa shape index (κ3) is 2.88. The molecule has 0 bridgehead atoms. The summed E-state index contributed by atoms with van der Waals surface area (Å²) < 4.78 is 0. The molecule has 2 rings (SSSR count). The predicted molar refractivity (Wildman–Crippen MR) is 78.0 cm³/mol. The fourth-order valence-corrected chi connectivity index (χ4v) is 2.53. The van der Waals surface area contributed by atoms with Gasteiger partial charge < -0.3 is 16.2 Å². The van der Waals surface area contributed by atoms with E-state index < -0.39 is 5.60 Å². The lowest BCUT2D eigenvalue weighted by atomic mass is 10.1. The predicted octanol–water partition coefficient (Wildman–Crippen LogP) is 1.67. The Balaban J connectivity index is 2.13. The van der Waals surface area contributed by atoms with Crippen LogP contribution in [0.3, 0.4) is 0 Å². The van der Waals surface area contributed by atoms with Crippen LogP contribution in [0.2, 0.25) is 0 Å². The molecule has 0 amide bonds. The lowest BCUT2D eigenvalue weighted by molar-refractivity contribution is 0.0997. The van der Waals surface area contributed by atoms with Crippen LogP contribution in [0.5, 0.6) is 0 Å². The number of anilines is 2. The van der Waals surface area contributed by atoms with Crippen molar-refractivity contribution in [3.8, 4) is 0 Å². The molecule has 0 spiro atoms. The third-order valence-electron chi connectivity index (χ3n) is 2.73. The zero-order valence-electron chi connectivity index (χ0n) is 10.5. The molecule has 2 aromatic rings. The average Bonchev–Trinajstić information content (AvgIpc) is 2.72. The maximum Gasteiger partial charge on any atom is 0.0881 e. The van der Waals surface area contributed by atoms with Crippen LogP contribution in [0.4, 0.5) is 11.4 Å². The van der Waals surface area contributed by atoms with Crippen LogP contribution in [0.1, 0.15) is 6.92 Å². The summed E-state index contributed by atoms with van der Waals surface area (Å²) in [5.41, 5.74) is 7.60. The number of aromatic nitrogens is 2. The summed E-state index contributed by atoms with van der Waals surface area (Å²) in [6.45, 7) is 2.26. The Morgan fingerprint density at radius 3 is 3.06 bits per heavy atom. The number of hydrogen-bond donors (Lipinski definition) is 4. The Bertz CT molecular complexity index is 538. The first-order chi connectivity index (χ1) is 8.52. The Hall–Kier alpha value is -1.40. The van der Waals surface area contributed by atoms with Crippen LogP contribution in [-0.4, -0.2) is 39.5 Å². The number of hydrogen-bond acceptors (Lipinski definition) is 5. The van der Waals surface area contributed by atoms with Crippen molar-refractivity contribution < 1.29 is 5.11 Å². The highest BCUT2D eigenvalue weighted by Gasteiger charge is 2.19. The van der Waals surface area contributed by atoms with Crippen molar-refractivity contribution in [2.24, 2.45) is 0 Å². The molecule has 6 heteroatoms. The molecule has 98 valence electrons. The van der Waals surface area contributed by atoms with Gasteiger partial charge in [-0.25, -0.2) is 0 Å². The van der Waals surface area contributed by atoms with E-state index in [9.17, 15) is 5.11 Å². The molecule has 5 nitrogen and oxygen atoms in total. The van der Waals surface area contributed by atoms with E-state index in [1.165, 1.54) is 0 Å². The van der Waals surface area contributed by atoms with Crippen molar-refractivity contribution in [1.82, 2.24) is 10.2 Å². The van der Waals surface area contributed by atoms with E-state index in [0.29, 0.717) is 18.0 Å². The first-order valence-electron chi connectivity index (χ1n) is 5.70. The SMILES string of the molecule is CSCC(C)(O)CNc1cc2[nH]ncc2cc1N. The topological polar surface area (TPSA) is 87.0 Å². The number of aliphatic hydroxyl groups is 1. The van der Waals surface area contributed by atoms with Gasteiger partial charge in [0.1, 0.15) is 0 Å². The Morgan fingerprint density at radius 1 is 1.56 bits per heavy atom. The fraction of sp³-hybridized carbons (Fsp3) is 0.417. The molecular weight excluding hydrogens is 248 g/mol. The first-order valence-corrected chi connectivity index (χ1v) is 7.09. The molecule has 0 aliphatic rings. The highest BCUT2D eigenvalue weighted by molar-refractivity contribution is 7.98. The number of nitrogen functional groups attached to an aromatic ring is 1. The maximum atomic E-state index is 10.1. The molecule has 1 atom stereocenters. The lowest BCUT2D eigenvalue weighted by Gasteiger charge is -2.23. The van der Waals surface area contributed by atoms with Crippen LogP contribution < -0.4 is 11.1 Å². The smallest absolute Gasteiger partial charge is 0.0881 e. The molecule has 1 aromatic heterocycles. The molecule has 0 fully saturated rings. The minimum absolute atomic E-state index is 0.456. The summed E-state index contributed by atoms with van der Waals surface area (Å²) >= 11 is 1.61. The summed E-state index contributed by atoms with van der Waals surface area (Å²) in [6, 6.07) is 3.78. The van der Waals surface area contributed by atoms with Crippen LogP contribution in [0, 0.1) is 0 Å². The average molecular weight is 266 g/mol. The molecular formula is C12H18N4OS. The van der Waals surface area contributed by atoms with E-state index in [0.717, 1.165) is 16.6 Å². The summed E-state index contributed by atoms with van der Waals surface area (Å²) in [6.07, 6.45) is 3.71. The highest BCUT2D eigenvalue weighted by Crippen LogP contribution is 2.25. The van der Waals surface area contributed by atoms with Gasteiger partial charge in [0.05, 0.1) is 28.7 Å². The quantitative estimate of drug-likeness (QED) is 0.618. The molecule has 1 heterocycles. The van der Waals surface area contributed by atoms with E-state index >= 15 is 0 Å². The van der Waals surface area contributed by atoms with Gasteiger partial charge in [0.2, 0.25) is 0 Å². The minimum atomic E-state index is -0.755. The summed E-state index contributed by atoms with van der Waals surface area (Å²) in [5, 5.41) is 21.1. The lowest BCUT2D eigenvalue weighted by Crippen LogP contribution is -2.36. The highest BCUT2D eigenvalue weighted by atomic mass is 32.2. The Labute approximate surface area is 110 Å². The third-order valence-corrected chi connectivity index (χ3v) is 3.64.